The number of carbonyl (C=O) groups excluding carboxylic acids is 2. The molecule has 168 valence electrons. The predicted octanol–water partition coefficient (Wildman–Crippen LogP) is 3.65. The molecule has 0 radical (unpaired) electrons. The molecular formula is C21H28N4O5S. The molecule has 1 heterocycles. The first-order valence-electron chi connectivity index (χ1n) is 9.68. The van der Waals surface area contributed by atoms with E-state index in [4.69, 9.17) is 9.47 Å². The summed E-state index contributed by atoms with van der Waals surface area (Å²) in [5, 5.41) is 4.01. The second-order valence-corrected chi connectivity index (χ2v) is 9.12. The van der Waals surface area contributed by atoms with Crippen LogP contribution in [0.15, 0.2) is 53.5 Å². The van der Waals surface area contributed by atoms with Crippen molar-refractivity contribution in [3.8, 4) is 5.88 Å². The number of aryl methyl sites for hydroxylation is 1. The van der Waals surface area contributed by atoms with Crippen molar-refractivity contribution in [1.29, 1.82) is 0 Å². The number of rotatable bonds is 9. The van der Waals surface area contributed by atoms with Crippen LogP contribution in [0.4, 0.5) is 4.79 Å². The summed E-state index contributed by atoms with van der Waals surface area (Å²) in [6.45, 7) is 7.18. The molecule has 2 aromatic rings. The minimum absolute atomic E-state index is 0.0534. The summed E-state index contributed by atoms with van der Waals surface area (Å²) in [7, 11) is -0.499. The molecule has 0 fully saturated rings. The molecule has 1 N–H and O–H groups in total. The molecule has 0 saturated heterocycles. The number of amides is 2. The highest BCUT2D eigenvalue weighted by Gasteiger charge is 2.24. The lowest BCUT2D eigenvalue weighted by atomic mass is 10.1. The second kappa shape index (κ2) is 10.8. The maximum Gasteiger partial charge on any atom is 0.443 e. The number of ether oxygens (including phenoxy) is 2. The van der Waals surface area contributed by atoms with Gasteiger partial charge in [0.2, 0.25) is 5.88 Å². The van der Waals surface area contributed by atoms with Crippen LogP contribution in [0.1, 0.15) is 42.3 Å². The van der Waals surface area contributed by atoms with Gasteiger partial charge < -0.3 is 9.47 Å². The number of benzene rings is 1. The number of allylic oxidation sites excluding steroid dienone is 1. The van der Waals surface area contributed by atoms with Crippen LogP contribution in [-0.2, 0) is 21.7 Å². The highest BCUT2D eigenvalue weighted by atomic mass is 32.2. The van der Waals surface area contributed by atoms with Gasteiger partial charge in [0.15, 0.2) is 0 Å². The molecule has 0 saturated carbocycles. The zero-order valence-corrected chi connectivity index (χ0v) is 18.9. The fourth-order valence-electron chi connectivity index (χ4n) is 2.90. The van der Waals surface area contributed by atoms with Gasteiger partial charge in [-0.25, -0.2) is 9.00 Å². The van der Waals surface area contributed by atoms with Crippen LogP contribution in [0.25, 0.3) is 0 Å². The molecule has 10 heteroatoms. The number of nitrogens with one attached hydrogen (secondary N) is 1. The molecule has 0 aliphatic rings. The van der Waals surface area contributed by atoms with E-state index in [1.165, 1.54) is 18.0 Å². The lowest BCUT2D eigenvalue weighted by Crippen LogP contribution is -2.35. The molecular weight excluding hydrogens is 420 g/mol. The molecule has 2 rings (SSSR count). The Bertz CT molecular complexity index is 1040. The SMILES string of the molecule is C=CC[C@H](C)C[S@](=O)(=NC(=O)O[C@@H](C)c1ccccc1)NC(=O)c1cn(C)nc1OC. The van der Waals surface area contributed by atoms with Crippen molar-refractivity contribution in [2.24, 2.45) is 17.3 Å². The summed E-state index contributed by atoms with van der Waals surface area (Å²) in [6, 6.07) is 9.09. The Hall–Kier alpha value is -3.14. The first-order chi connectivity index (χ1) is 14.7. The van der Waals surface area contributed by atoms with Crippen LogP contribution in [0.5, 0.6) is 5.88 Å². The Morgan fingerprint density at radius 1 is 1.32 bits per heavy atom. The van der Waals surface area contributed by atoms with Crippen molar-refractivity contribution in [3.05, 3.63) is 60.3 Å². The van der Waals surface area contributed by atoms with E-state index in [2.05, 4.69) is 20.8 Å². The summed E-state index contributed by atoms with van der Waals surface area (Å²) in [6.07, 6.45) is 2.02. The van der Waals surface area contributed by atoms with Crippen LogP contribution in [0.3, 0.4) is 0 Å². The summed E-state index contributed by atoms with van der Waals surface area (Å²) in [4.78, 5) is 25.2. The maximum absolute atomic E-state index is 13.5. The minimum atomic E-state index is -3.49. The quantitative estimate of drug-likeness (QED) is 0.586. The number of nitrogens with zero attached hydrogens (tertiary/aromatic N) is 3. The van der Waals surface area contributed by atoms with Crippen molar-refractivity contribution in [3.63, 3.8) is 0 Å². The maximum atomic E-state index is 13.5. The third-order valence-corrected chi connectivity index (χ3v) is 6.30. The summed E-state index contributed by atoms with van der Waals surface area (Å²) in [5.74, 6) is -0.846. The molecule has 31 heavy (non-hydrogen) atoms. The zero-order chi connectivity index (χ0) is 23.0. The van der Waals surface area contributed by atoms with Gasteiger partial charge >= 0.3 is 6.09 Å². The van der Waals surface area contributed by atoms with E-state index < -0.39 is 28.0 Å². The van der Waals surface area contributed by atoms with Gasteiger partial charge in [-0.15, -0.1) is 16.0 Å². The molecule has 0 spiro atoms. The molecule has 1 aromatic heterocycles. The van der Waals surface area contributed by atoms with E-state index in [0.717, 1.165) is 5.56 Å². The molecule has 0 aliphatic carbocycles. The number of carbonyl (C=O) groups is 2. The number of aromatic nitrogens is 2. The molecule has 2 amide bonds. The first kappa shape index (κ1) is 24.1. The Morgan fingerprint density at radius 3 is 2.61 bits per heavy atom. The van der Waals surface area contributed by atoms with Gasteiger partial charge in [0, 0.05) is 13.2 Å². The zero-order valence-electron chi connectivity index (χ0n) is 18.1. The Kier molecular flexibility index (Phi) is 8.38. The van der Waals surface area contributed by atoms with E-state index in [1.807, 2.05) is 25.1 Å². The summed E-state index contributed by atoms with van der Waals surface area (Å²) >= 11 is 0. The fraction of sp³-hybridized carbons (Fsp3) is 0.381. The third-order valence-electron chi connectivity index (χ3n) is 4.33. The smallest absolute Gasteiger partial charge is 0.443 e. The van der Waals surface area contributed by atoms with Gasteiger partial charge in [-0.3, -0.25) is 14.2 Å². The second-order valence-electron chi connectivity index (χ2n) is 7.12. The van der Waals surface area contributed by atoms with Crippen LogP contribution in [-0.4, -0.2) is 38.9 Å². The predicted molar refractivity (Wildman–Crippen MR) is 118 cm³/mol. The molecule has 3 atom stereocenters. The van der Waals surface area contributed by atoms with Crippen molar-refractivity contribution in [2.45, 2.75) is 26.4 Å². The summed E-state index contributed by atoms with van der Waals surface area (Å²) in [5.41, 5.74) is 0.844. The van der Waals surface area contributed by atoms with Crippen LogP contribution >= 0.6 is 0 Å². The van der Waals surface area contributed by atoms with E-state index in [1.54, 1.807) is 32.2 Å². The molecule has 0 aliphatic heterocycles. The van der Waals surface area contributed by atoms with E-state index >= 15 is 0 Å². The standard InChI is InChI=1S/C21H28N4O5S/c1-6-10-15(2)14-31(28,23-19(26)18-13-25(4)22-20(18)29-5)24-21(27)30-16(3)17-11-8-7-9-12-17/h6-9,11-13,15-16H,1,10,14H2,2-5H3,(H,23,24,26,27,28)/t15-,16-,31+/m0/s1. The first-order valence-corrected chi connectivity index (χ1v) is 11.4. The van der Waals surface area contributed by atoms with Crippen LogP contribution < -0.4 is 9.46 Å². The number of hydrogen-bond acceptors (Lipinski definition) is 6. The topological polar surface area (TPSA) is 112 Å². The van der Waals surface area contributed by atoms with Crippen molar-refractivity contribution in [2.75, 3.05) is 12.9 Å². The van der Waals surface area contributed by atoms with Crippen LogP contribution in [0.2, 0.25) is 0 Å². The van der Waals surface area contributed by atoms with E-state index in [-0.39, 0.29) is 23.1 Å². The Morgan fingerprint density at radius 2 is 2.00 bits per heavy atom. The van der Waals surface area contributed by atoms with Gasteiger partial charge in [0.25, 0.3) is 5.91 Å². The summed E-state index contributed by atoms with van der Waals surface area (Å²) < 4.78 is 31.4. The number of methoxy groups -OCH3 is 1. The van der Waals surface area contributed by atoms with Gasteiger partial charge in [0.05, 0.1) is 12.9 Å². The largest absolute Gasteiger partial charge is 0.479 e. The molecule has 0 bridgehead atoms. The van der Waals surface area contributed by atoms with Crippen LogP contribution in [0, 0.1) is 5.92 Å². The fourth-order valence-corrected chi connectivity index (χ4v) is 4.69. The Labute approximate surface area is 182 Å². The van der Waals surface area contributed by atoms with Gasteiger partial charge in [-0.05, 0) is 24.8 Å². The van der Waals surface area contributed by atoms with Crippen molar-refractivity contribution >= 4 is 21.9 Å². The minimum Gasteiger partial charge on any atom is -0.479 e. The lowest BCUT2D eigenvalue weighted by molar-refractivity contribution is 0.0979. The van der Waals surface area contributed by atoms with Crippen molar-refractivity contribution in [1.82, 2.24) is 14.5 Å². The number of hydrogen-bond donors (Lipinski definition) is 1. The molecule has 0 unspecified atom stereocenters. The van der Waals surface area contributed by atoms with E-state index in [9.17, 15) is 13.8 Å². The normalized spacial score (nSPS) is 14.6. The Balaban J connectivity index is 2.29. The van der Waals surface area contributed by atoms with Gasteiger partial charge in [-0.2, -0.15) is 0 Å². The van der Waals surface area contributed by atoms with E-state index in [0.29, 0.717) is 6.42 Å². The van der Waals surface area contributed by atoms with Gasteiger partial charge in [-0.1, -0.05) is 43.3 Å². The van der Waals surface area contributed by atoms with Gasteiger partial charge in [0.1, 0.15) is 21.6 Å². The lowest BCUT2D eigenvalue weighted by Gasteiger charge is -2.16. The molecule has 1 aromatic carbocycles. The van der Waals surface area contributed by atoms with Crippen molar-refractivity contribution < 1.29 is 23.3 Å². The monoisotopic (exact) mass is 448 g/mol. The highest BCUT2D eigenvalue weighted by Crippen LogP contribution is 2.19. The average molecular weight is 449 g/mol. The third kappa shape index (κ3) is 6.95. The average Bonchev–Trinajstić information content (AvgIpc) is 3.09. The highest BCUT2D eigenvalue weighted by molar-refractivity contribution is 7.92. The molecule has 9 nitrogen and oxygen atoms in total.